The summed E-state index contributed by atoms with van der Waals surface area (Å²) < 4.78 is 1.72. The van der Waals surface area contributed by atoms with Crippen molar-refractivity contribution in [1.82, 2.24) is 14.5 Å². The van der Waals surface area contributed by atoms with Crippen LogP contribution in [0.2, 0.25) is 0 Å². The van der Waals surface area contributed by atoms with Crippen LogP contribution in [0.25, 0.3) is 15.9 Å². The molecular weight excluding hydrogens is 426 g/mol. The number of thioether (sulfide) groups is 1. The van der Waals surface area contributed by atoms with Crippen LogP contribution in [0.3, 0.4) is 0 Å². The van der Waals surface area contributed by atoms with Gasteiger partial charge in [-0.05, 0) is 70.1 Å². The standard InChI is InChI=1S/C24H27N3O2S2/c1-15-9-11-17(12-10-15)27-23(29)20-18-7-3-4-8-19(18)31-21(20)25-24(27)30-16(2)22(28)26-13-5-6-14-26/h9-12,16H,3-8,13-14H2,1-2H3. The maximum Gasteiger partial charge on any atom is 0.267 e. The molecule has 0 N–H and O–H groups in total. The van der Waals surface area contributed by atoms with Crippen molar-refractivity contribution in [3.63, 3.8) is 0 Å². The number of aryl methyl sites for hydroxylation is 3. The second kappa shape index (κ2) is 8.43. The number of aromatic nitrogens is 2. The Morgan fingerprint density at radius 1 is 1.10 bits per heavy atom. The van der Waals surface area contributed by atoms with Crippen molar-refractivity contribution in [2.75, 3.05) is 13.1 Å². The van der Waals surface area contributed by atoms with Gasteiger partial charge in [-0.2, -0.15) is 0 Å². The first-order valence-corrected chi connectivity index (χ1v) is 12.8. The molecule has 1 saturated heterocycles. The number of amides is 1. The third-order valence-corrected chi connectivity index (χ3v) is 8.52. The minimum atomic E-state index is -0.284. The molecule has 1 aliphatic carbocycles. The lowest BCUT2D eigenvalue weighted by molar-refractivity contribution is -0.129. The van der Waals surface area contributed by atoms with Gasteiger partial charge in [-0.25, -0.2) is 4.98 Å². The molecule has 5 rings (SSSR count). The molecule has 3 aromatic rings. The second-order valence-corrected chi connectivity index (χ2v) is 10.9. The van der Waals surface area contributed by atoms with Gasteiger partial charge in [-0.1, -0.05) is 29.5 Å². The monoisotopic (exact) mass is 453 g/mol. The van der Waals surface area contributed by atoms with E-state index in [0.717, 1.165) is 66.7 Å². The highest BCUT2D eigenvalue weighted by Crippen LogP contribution is 2.36. The van der Waals surface area contributed by atoms with Gasteiger partial charge in [0.25, 0.3) is 5.56 Å². The van der Waals surface area contributed by atoms with E-state index in [0.29, 0.717) is 5.16 Å². The predicted octanol–water partition coefficient (Wildman–Crippen LogP) is 4.74. The van der Waals surface area contributed by atoms with Gasteiger partial charge in [0.05, 0.1) is 16.3 Å². The van der Waals surface area contributed by atoms with Gasteiger partial charge >= 0.3 is 0 Å². The van der Waals surface area contributed by atoms with Gasteiger partial charge in [0.2, 0.25) is 5.91 Å². The van der Waals surface area contributed by atoms with E-state index < -0.39 is 0 Å². The van der Waals surface area contributed by atoms with Crippen molar-refractivity contribution in [3.8, 4) is 5.69 Å². The lowest BCUT2D eigenvalue weighted by atomic mass is 9.97. The molecule has 2 aliphatic rings. The van der Waals surface area contributed by atoms with E-state index in [1.165, 1.54) is 28.6 Å². The molecule has 1 aliphatic heterocycles. The van der Waals surface area contributed by atoms with Gasteiger partial charge in [0, 0.05) is 18.0 Å². The first-order chi connectivity index (χ1) is 15.0. The number of rotatable bonds is 4. The van der Waals surface area contributed by atoms with Crippen LogP contribution in [0.15, 0.2) is 34.2 Å². The Morgan fingerprint density at radius 2 is 1.81 bits per heavy atom. The molecule has 5 nitrogen and oxygen atoms in total. The zero-order chi connectivity index (χ0) is 21.5. The van der Waals surface area contributed by atoms with Gasteiger partial charge < -0.3 is 4.90 Å². The first kappa shape index (κ1) is 20.8. The smallest absolute Gasteiger partial charge is 0.267 e. The van der Waals surface area contributed by atoms with Crippen LogP contribution in [0, 0.1) is 6.92 Å². The maximum absolute atomic E-state index is 13.8. The molecule has 1 aromatic carbocycles. The van der Waals surface area contributed by atoms with Crippen molar-refractivity contribution in [3.05, 3.63) is 50.6 Å². The zero-order valence-corrected chi connectivity index (χ0v) is 19.7. The molecule has 1 atom stereocenters. The Kier molecular flexibility index (Phi) is 5.65. The van der Waals surface area contributed by atoms with Gasteiger partial charge in [-0.3, -0.25) is 14.2 Å². The molecule has 31 heavy (non-hydrogen) atoms. The minimum absolute atomic E-state index is 0.00317. The lowest BCUT2D eigenvalue weighted by Gasteiger charge is -2.21. The molecule has 2 aromatic heterocycles. The summed E-state index contributed by atoms with van der Waals surface area (Å²) in [6, 6.07) is 7.98. The number of hydrogen-bond donors (Lipinski definition) is 0. The average molecular weight is 454 g/mol. The topological polar surface area (TPSA) is 55.2 Å². The molecule has 0 radical (unpaired) electrons. The van der Waals surface area contributed by atoms with Crippen LogP contribution in [0.4, 0.5) is 0 Å². The van der Waals surface area contributed by atoms with Gasteiger partial charge in [0.15, 0.2) is 5.16 Å². The maximum atomic E-state index is 13.8. The van der Waals surface area contributed by atoms with Crippen LogP contribution in [0.5, 0.6) is 0 Å². The zero-order valence-electron chi connectivity index (χ0n) is 18.0. The molecule has 1 amide bonds. The Hall–Kier alpha value is -2.12. The van der Waals surface area contributed by atoms with Crippen molar-refractivity contribution >= 4 is 39.2 Å². The van der Waals surface area contributed by atoms with Crippen LogP contribution in [-0.2, 0) is 17.6 Å². The van der Waals surface area contributed by atoms with E-state index in [1.807, 2.05) is 43.0 Å². The molecule has 162 valence electrons. The number of fused-ring (bicyclic) bond motifs is 3. The fraction of sp³-hybridized carbons (Fsp3) is 0.458. The van der Waals surface area contributed by atoms with E-state index in [9.17, 15) is 9.59 Å². The molecule has 3 heterocycles. The summed E-state index contributed by atoms with van der Waals surface area (Å²) in [6.07, 6.45) is 6.43. The molecule has 7 heteroatoms. The highest BCUT2D eigenvalue weighted by atomic mass is 32.2. The predicted molar refractivity (Wildman–Crippen MR) is 128 cm³/mol. The Labute approximate surface area is 190 Å². The van der Waals surface area contributed by atoms with Crippen LogP contribution < -0.4 is 5.56 Å². The fourth-order valence-corrected chi connectivity index (χ4v) is 6.90. The lowest BCUT2D eigenvalue weighted by Crippen LogP contribution is -2.34. The van der Waals surface area contributed by atoms with E-state index in [1.54, 1.807) is 15.9 Å². The Balaban J connectivity index is 1.63. The number of hydrogen-bond acceptors (Lipinski definition) is 5. The molecule has 1 fully saturated rings. The number of thiophene rings is 1. The molecule has 0 bridgehead atoms. The number of carbonyl (C=O) groups excluding carboxylic acids is 1. The Bertz CT molecular complexity index is 1190. The summed E-state index contributed by atoms with van der Waals surface area (Å²) in [5.74, 6) is 0.137. The van der Waals surface area contributed by atoms with Gasteiger partial charge in [-0.15, -0.1) is 11.3 Å². The summed E-state index contributed by atoms with van der Waals surface area (Å²) in [6.45, 7) is 5.63. The highest BCUT2D eigenvalue weighted by molar-refractivity contribution is 8.00. The number of nitrogens with zero attached hydrogens (tertiary/aromatic N) is 3. The van der Waals surface area contributed by atoms with Crippen molar-refractivity contribution in [2.24, 2.45) is 0 Å². The third kappa shape index (κ3) is 3.82. The summed E-state index contributed by atoms with van der Waals surface area (Å²) >= 11 is 3.07. The average Bonchev–Trinajstić information content (AvgIpc) is 3.42. The van der Waals surface area contributed by atoms with E-state index in [4.69, 9.17) is 4.98 Å². The number of benzene rings is 1. The van der Waals surface area contributed by atoms with Crippen LogP contribution >= 0.6 is 23.1 Å². The second-order valence-electron chi connectivity index (χ2n) is 8.55. The van der Waals surface area contributed by atoms with E-state index >= 15 is 0 Å². The van der Waals surface area contributed by atoms with Gasteiger partial charge in [0.1, 0.15) is 4.83 Å². The van der Waals surface area contributed by atoms with Crippen LogP contribution in [0.1, 0.15) is 48.6 Å². The SMILES string of the molecule is Cc1ccc(-n2c(SC(C)C(=O)N3CCCC3)nc3sc4c(c3c2=O)CCCC4)cc1. The molecular formula is C24H27N3O2S2. The summed E-state index contributed by atoms with van der Waals surface area (Å²) in [5.41, 5.74) is 3.15. The number of likely N-dealkylation sites (tertiary alicyclic amines) is 1. The fourth-order valence-electron chi connectivity index (χ4n) is 4.59. The largest absolute Gasteiger partial charge is 0.342 e. The van der Waals surface area contributed by atoms with Crippen molar-refractivity contribution in [2.45, 2.75) is 62.8 Å². The van der Waals surface area contributed by atoms with Crippen molar-refractivity contribution in [1.29, 1.82) is 0 Å². The molecule has 0 saturated carbocycles. The third-order valence-electron chi connectivity index (χ3n) is 6.30. The van der Waals surface area contributed by atoms with Crippen LogP contribution in [-0.4, -0.2) is 38.7 Å². The number of carbonyl (C=O) groups is 1. The van der Waals surface area contributed by atoms with E-state index in [2.05, 4.69) is 0 Å². The normalized spacial score (nSPS) is 17.2. The quantitative estimate of drug-likeness (QED) is 0.423. The summed E-state index contributed by atoms with van der Waals surface area (Å²) in [7, 11) is 0. The Morgan fingerprint density at radius 3 is 2.55 bits per heavy atom. The van der Waals surface area contributed by atoms with E-state index in [-0.39, 0.29) is 16.7 Å². The molecule has 1 unspecified atom stereocenters. The molecule has 0 spiro atoms. The minimum Gasteiger partial charge on any atom is -0.342 e. The first-order valence-electron chi connectivity index (χ1n) is 11.1. The highest BCUT2D eigenvalue weighted by Gasteiger charge is 2.28. The summed E-state index contributed by atoms with van der Waals surface area (Å²) in [4.78, 5) is 35.8. The van der Waals surface area contributed by atoms with Crippen molar-refractivity contribution < 1.29 is 4.79 Å². The summed E-state index contributed by atoms with van der Waals surface area (Å²) in [5, 5.41) is 1.11.